The average Bonchev–Trinajstić information content (AvgIpc) is 2.87. The molecule has 19 heavy (non-hydrogen) atoms. The molecule has 106 valence electrons. The van der Waals surface area contributed by atoms with Gasteiger partial charge in [0.05, 0.1) is 0 Å². The molecule has 3 heteroatoms. The first-order valence-electron chi connectivity index (χ1n) is 7.36. The van der Waals surface area contributed by atoms with Crippen LogP contribution in [0.3, 0.4) is 0 Å². The van der Waals surface area contributed by atoms with E-state index in [1.807, 2.05) is 11.8 Å². The zero-order valence-electron chi connectivity index (χ0n) is 12.2. The fourth-order valence-electron chi connectivity index (χ4n) is 2.72. The van der Waals surface area contributed by atoms with Crippen LogP contribution in [0.1, 0.15) is 13.3 Å². The quantitative estimate of drug-likeness (QED) is 0.708. The molecule has 0 aliphatic carbocycles. The summed E-state index contributed by atoms with van der Waals surface area (Å²) in [6, 6.07) is 10.7. The molecule has 1 aromatic carbocycles. The highest BCUT2D eigenvalue weighted by molar-refractivity contribution is 7.99. The van der Waals surface area contributed by atoms with Gasteiger partial charge in [0.2, 0.25) is 0 Å². The number of thioether (sulfide) groups is 1. The Hall–Kier alpha value is -0.510. The molecule has 1 saturated heterocycles. The molecule has 1 unspecified atom stereocenters. The van der Waals surface area contributed by atoms with Crippen LogP contribution >= 0.6 is 11.8 Å². The van der Waals surface area contributed by atoms with Crippen molar-refractivity contribution in [2.24, 2.45) is 5.92 Å². The van der Waals surface area contributed by atoms with Gasteiger partial charge in [-0.05, 0) is 44.6 Å². The van der Waals surface area contributed by atoms with Gasteiger partial charge in [-0.1, -0.05) is 25.1 Å². The maximum atomic E-state index is 2.57. The van der Waals surface area contributed by atoms with E-state index in [2.05, 4.69) is 54.1 Å². The highest BCUT2D eigenvalue weighted by atomic mass is 32.2. The molecule has 1 atom stereocenters. The highest BCUT2D eigenvalue weighted by Gasteiger charge is 2.21. The molecule has 0 saturated carbocycles. The van der Waals surface area contributed by atoms with Crippen LogP contribution in [0.5, 0.6) is 0 Å². The van der Waals surface area contributed by atoms with E-state index < -0.39 is 0 Å². The van der Waals surface area contributed by atoms with Crippen molar-refractivity contribution in [1.82, 2.24) is 9.80 Å². The Balaban J connectivity index is 1.61. The molecular formula is C16H26N2S. The predicted octanol–water partition coefficient (Wildman–Crippen LogP) is 3.05. The van der Waals surface area contributed by atoms with Crippen molar-refractivity contribution in [3.05, 3.63) is 30.3 Å². The average molecular weight is 278 g/mol. The van der Waals surface area contributed by atoms with Gasteiger partial charge in [0.1, 0.15) is 0 Å². The van der Waals surface area contributed by atoms with Gasteiger partial charge < -0.3 is 9.80 Å². The number of hydrogen-bond acceptors (Lipinski definition) is 3. The molecular weight excluding hydrogens is 252 g/mol. The molecule has 2 rings (SSSR count). The van der Waals surface area contributed by atoms with E-state index in [0.29, 0.717) is 0 Å². The topological polar surface area (TPSA) is 6.48 Å². The number of nitrogens with zero attached hydrogens (tertiary/aromatic N) is 2. The summed E-state index contributed by atoms with van der Waals surface area (Å²) in [5.74, 6) is 2.07. The molecule has 0 amide bonds. The van der Waals surface area contributed by atoms with E-state index in [1.54, 1.807) is 0 Å². The maximum Gasteiger partial charge on any atom is 0.0108 e. The van der Waals surface area contributed by atoms with Crippen LogP contribution < -0.4 is 0 Å². The normalized spacial score (nSPS) is 20.3. The third-order valence-electron chi connectivity index (χ3n) is 3.87. The first-order chi connectivity index (χ1) is 9.28. The predicted molar refractivity (Wildman–Crippen MR) is 84.9 cm³/mol. The van der Waals surface area contributed by atoms with Crippen LogP contribution in [0.15, 0.2) is 35.2 Å². The fraction of sp³-hybridized carbons (Fsp3) is 0.625. The second kappa shape index (κ2) is 7.93. The number of hydrogen-bond donors (Lipinski definition) is 0. The molecule has 0 spiro atoms. The van der Waals surface area contributed by atoms with E-state index in [9.17, 15) is 0 Å². The van der Waals surface area contributed by atoms with Crippen LogP contribution in [0.2, 0.25) is 0 Å². The van der Waals surface area contributed by atoms with Crippen molar-refractivity contribution in [2.75, 3.05) is 45.5 Å². The Morgan fingerprint density at radius 3 is 2.79 bits per heavy atom. The summed E-state index contributed by atoms with van der Waals surface area (Å²) in [5, 5.41) is 0. The molecule has 1 fully saturated rings. The number of likely N-dealkylation sites (tertiary alicyclic amines) is 1. The number of benzene rings is 1. The molecule has 1 aliphatic rings. The second-order valence-corrected chi connectivity index (χ2v) is 6.64. The zero-order chi connectivity index (χ0) is 13.5. The molecule has 0 bridgehead atoms. The molecule has 0 aromatic heterocycles. The maximum absolute atomic E-state index is 2.57. The summed E-state index contributed by atoms with van der Waals surface area (Å²) >= 11 is 1.96. The van der Waals surface area contributed by atoms with Crippen molar-refractivity contribution in [3.63, 3.8) is 0 Å². The van der Waals surface area contributed by atoms with Crippen molar-refractivity contribution in [2.45, 2.75) is 18.2 Å². The van der Waals surface area contributed by atoms with Gasteiger partial charge in [0, 0.05) is 30.3 Å². The lowest BCUT2D eigenvalue weighted by atomic mass is 10.1. The summed E-state index contributed by atoms with van der Waals surface area (Å²) in [5.41, 5.74) is 0. The summed E-state index contributed by atoms with van der Waals surface area (Å²) in [6.07, 6.45) is 1.38. The van der Waals surface area contributed by atoms with Crippen molar-refractivity contribution >= 4 is 11.8 Å². The Labute approximate surface area is 122 Å². The van der Waals surface area contributed by atoms with E-state index in [1.165, 1.54) is 49.8 Å². The van der Waals surface area contributed by atoms with Crippen molar-refractivity contribution in [1.29, 1.82) is 0 Å². The Bertz CT molecular complexity index is 355. The largest absolute Gasteiger partial charge is 0.305 e. The molecule has 0 N–H and O–H groups in total. The van der Waals surface area contributed by atoms with Crippen LogP contribution in [0, 0.1) is 5.92 Å². The van der Waals surface area contributed by atoms with Crippen molar-refractivity contribution < 1.29 is 0 Å². The molecule has 1 heterocycles. The third kappa shape index (κ3) is 5.17. The van der Waals surface area contributed by atoms with Gasteiger partial charge >= 0.3 is 0 Å². The smallest absolute Gasteiger partial charge is 0.0108 e. The fourth-order valence-corrected chi connectivity index (χ4v) is 3.71. The first-order valence-corrected chi connectivity index (χ1v) is 8.35. The lowest BCUT2D eigenvalue weighted by Gasteiger charge is -2.21. The second-order valence-electron chi connectivity index (χ2n) is 5.47. The Morgan fingerprint density at radius 1 is 1.32 bits per heavy atom. The van der Waals surface area contributed by atoms with Crippen LogP contribution in [0.25, 0.3) is 0 Å². The SMILES string of the molecule is CCN1CCC(CN(C)CCSc2ccccc2)C1. The Morgan fingerprint density at radius 2 is 2.11 bits per heavy atom. The Kier molecular flexibility index (Phi) is 6.21. The van der Waals surface area contributed by atoms with Gasteiger partial charge in [-0.3, -0.25) is 0 Å². The van der Waals surface area contributed by atoms with Gasteiger partial charge in [-0.25, -0.2) is 0 Å². The summed E-state index contributed by atoms with van der Waals surface area (Å²) in [4.78, 5) is 6.45. The summed E-state index contributed by atoms with van der Waals surface area (Å²) in [7, 11) is 2.26. The van der Waals surface area contributed by atoms with Gasteiger partial charge in [0.15, 0.2) is 0 Å². The van der Waals surface area contributed by atoms with Gasteiger partial charge in [-0.15, -0.1) is 11.8 Å². The molecule has 1 aliphatic heterocycles. The lowest BCUT2D eigenvalue weighted by molar-refractivity contribution is 0.277. The standard InChI is InChI=1S/C16H26N2S/c1-3-18-10-9-15(14-18)13-17(2)11-12-19-16-7-5-4-6-8-16/h4-8,15H,3,9-14H2,1-2H3. The minimum absolute atomic E-state index is 0.881. The van der Waals surface area contributed by atoms with Crippen LogP contribution in [0.4, 0.5) is 0 Å². The van der Waals surface area contributed by atoms with E-state index in [-0.39, 0.29) is 0 Å². The first kappa shape index (κ1) is 14.9. The molecule has 2 nitrogen and oxygen atoms in total. The molecule has 0 radical (unpaired) electrons. The third-order valence-corrected chi connectivity index (χ3v) is 4.86. The van der Waals surface area contributed by atoms with E-state index in [4.69, 9.17) is 0 Å². The summed E-state index contributed by atoms with van der Waals surface area (Å²) < 4.78 is 0. The van der Waals surface area contributed by atoms with Crippen LogP contribution in [-0.2, 0) is 0 Å². The van der Waals surface area contributed by atoms with E-state index >= 15 is 0 Å². The van der Waals surface area contributed by atoms with Crippen molar-refractivity contribution in [3.8, 4) is 0 Å². The highest BCUT2D eigenvalue weighted by Crippen LogP contribution is 2.19. The monoisotopic (exact) mass is 278 g/mol. The van der Waals surface area contributed by atoms with Crippen LogP contribution in [-0.4, -0.2) is 55.3 Å². The molecule has 1 aromatic rings. The summed E-state index contributed by atoms with van der Waals surface area (Å²) in [6.45, 7) is 8.52. The van der Waals surface area contributed by atoms with Gasteiger partial charge in [0.25, 0.3) is 0 Å². The van der Waals surface area contributed by atoms with E-state index in [0.717, 1.165) is 5.92 Å². The minimum atomic E-state index is 0.881. The zero-order valence-corrected chi connectivity index (χ0v) is 13.0. The minimum Gasteiger partial charge on any atom is -0.305 e. The lowest BCUT2D eigenvalue weighted by Crippen LogP contribution is -2.29. The number of rotatable bonds is 7. The van der Waals surface area contributed by atoms with Gasteiger partial charge in [-0.2, -0.15) is 0 Å².